The van der Waals surface area contributed by atoms with E-state index in [9.17, 15) is 24.3 Å². The number of fused-ring (bicyclic) bond motifs is 1. The van der Waals surface area contributed by atoms with Gasteiger partial charge in [0.25, 0.3) is 0 Å². The van der Waals surface area contributed by atoms with Crippen molar-refractivity contribution < 1.29 is 38.5 Å². The van der Waals surface area contributed by atoms with Gasteiger partial charge in [0.1, 0.15) is 17.7 Å². The van der Waals surface area contributed by atoms with Crippen LogP contribution < -0.4 is 0 Å². The molecule has 1 aromatic carbocycles. The van der Waals surface area contributed by atoms with E-state index in [0.717, 1.165) is 13.1 Å². The van der Waals surface area contributed by atoms with Gasteiger partial charge in [0.15, 0.2) is 0 Å². The number of hydrogen-bond acceptors (Lipinski definition) is 9. The second kappa shape index (κ2) is 17.4. The molecular formula is C39H55BrN4O8. The van der Waals surface area contributed by atoms with E-state index in [-0.39, 0.29) is 42.1 Å². The quantitative estimate of drug-likeness (QED) is 0.144. The Kier molecular flexibility index (Phi) is 13.4. The zero-order valence-corrected chi connectivity index (χ0v) is 32.5. The molecule has 3 amide bonds. The highest BCUT2D eigenvalue weighted by Crippen LogP contribution is 2.61. The van der Waals surface area contributed by atoms with E-state index in [1.54, 1.807) is 29.0 Å². The van der Waals surface area contributed by atoms with E-state index >= 15 is 0 Å². The third-order valence-electron chi connectivity index (χ3n) is 11.4. The third-order valence-corrected chi connectivity index (χ3v) is 12.2. The summed E-state index contributed by atoms with van der Waals surface area (Å²) in [5.41, 5.74) is -0.628. The summed E-state index contributed by atoms with van der Waals surface area (Å²) in [5, 5.41) is 10.7. The van der Waals surface area contributed by atoms with Crippen molar-refractivity contribution in [3.8, 4) is 0 Å². The van der Waals surface area contributed by atoms with E-state index in [1.807, 2.05) is 51.1 Å². The van der Waals surface area contributed by atoms with Crippen LogP contribution in [-0.2, 0) is 33.4 Å². The van der Waals surface area contributed by atoms with Crippen molar-refractivity contribution in [1.82, 2.24) is 19.6 Å². The average molecular weight is 788 g/mol. The molecule has 9 atom stereocenters. The van der Waals surface area contributed by atoms with Gasteiger partial charge in [-0.25, -0.2) is 0 Å². The summed E-state index contributed by atoms with van der Waals surface area (Å²) >= 11 is 3.76. The van der Waals surface area contributed by atoms with Crippen molar-refractivity contribution in [2.75, 3.05) is 59.6 Å². The first-order chi connectivity index (χ1) is 24.9. The number of hydrogen-bond donors (Lipinski definition) is 1. The number of aliphatic hydroxyl groups excluding tert-OH is 1. The van der Waals surface area contributed by atoms with Crippen LogP contribution in [0.5, 0.6) is 0 Å². The van der Waals surface area contributed by atoms with Crippen molar-refractivity contribution in [2.45, 2.75) is 80.8 Å². The van der Waals surface area contributed by atoms with E-state index in [4.69, 9.17) is 14.2 Å². The molecule has 0 saturated carbocycles. The monoisotopic (exact) mass is 786 g/mol. The van der Waals surface area contributed by atoms with Crippen LogP contribution in [0.4, 0.5) is 0 Å². The van der Waals surface area contributed by atoms with Crippen LogP contribution in [-0.4, -0.2) is 143 Å². The Bertz CT molecular complexity index is 1460. The van der Waals surface area contributed by atoms with Gasteiger partial charge in [-0.2, -0.15) is 0 Å². The number of morpholine rings is 1. The van der Waals surface area contributed by atoms with Crippen LogP contribution in [0.3, 0.4) is 0 Å². The van der Waals surface area contributed by atoms with Crippen molar-refractivity contribution in [1.29, 1.82) is 0 Å². The van der Waals surface area contributed by atoms with Gasteiger partial charge in [-0.3, -0.25) is 24.1 Å². The first-order valence-electron chi connectivity index (χ1n) is 18.5. The number of carbonyl (C=O) groups is 4. The summed E-state index contributed by atoms with van der Waals surface area (Å²) in [5.74, 6) is -3.68. The van der Waals surface area contributed by atoms with Crippen LogP contribution in [0, 0.1) is 17.8 Å². The maximum absolute atomic E-state index is 14.9. The molecule has 0 aliphatic carbocycles. The second-order valence-corrected chi connectivity index (χ2v) is 15.9. The number of aliphatic hydroxyl groups is 1. The smallest absolute Gasteiger partial charge is 0.313 e. The third kappa shape index (κ3) is 7.75. The molecule has 1 N–H and O–H groups in total. The molecule has 1 aromatic rings. The van der Waals surface area contributed by atoms with Gasteiger partial charge in [0, 0.05) is 51.0 Å². The molecule has 12 nitrogen and oxygen atoms in total. The van der Waals surface area contributed by atoms with Crippen molar-refractivity contribution >= 4 is 39.6 Å². The predicted octanol–water partition coefficient (Wildman–Crippen LogP) is 3.20. The molecule has 286 valence electrons. The standard InChI is InChI=1S/C39H55BrN4O8/c1-7-9-15-30(46)41(6)26(5)33(27-13-11-10-12-14-27)51-38(49)31-32-36(47)44(29(24-45)25(3)4)35(39(32)23-28(40)34(31)52-39)37(48)43(16-8-2)18-17-42-19-21-50-22-20-42/h7-8,10-14,25-26,28-29,31-35,45H,1-2,9,15-24H2,3-6H3/t26-,28?,29-,31-,32+,33+,34-,35-,39+/m0/s1. The Hall–Kier alpha value is -3.10. The van der Waals surface area contributed by atoms with Crippen molar-refractivity contribution in [3.05, 3.63) is 61.2 Å². The van der Waals surface area contributed by atoms with Gasteiger partial charge in [0.2, 0.25) is 17.7 Å². The molecule has 4 aliphatic rings. The fourth-order valence-electron chi connectivity index (χ4n) is 8.42. The molecule has 4 aliphatic heterocycles. The first-order valence-corrected chi connectivity index (χ1v) is 19.4. The summed E-state index contributed by atoms with van der Waals surface area (Å²) in [7, 11) is 1.69. The van der Waals surface area contributed by atoms with Crippen molar-refractivity contribution in [2.24, 2.45) is 17.8 Å². The average Bonchev–Trinajstić information content (AvgIpc) is 3.74. The predicted molar refractivity (Wildman–Crippen MR) is 199 cm³/mol. The fourth-order valence-corrected chi connectivity index (χ4v) is 9.37. The molecule has 5 rings (SSSR count). The second-order valence-electron chi connectivity index (χ2n) is 14.8. The summed E-state index contributed by atoms with van der Waals surface area (Å²) in [6.45, 7) is 17.0. The zero-order valence-electron chi connectivity index (χ0n) is 30.9. The molecule has 0 radical (unpaired) electrons. The fraction of sp³-hybridized carbons (Fsp3) is 0.641. The minimum Gasteiger partial charge on any atom is -0.455 e. The number of likely N-dealkylation sites (N-methyl/N-ethyl adjacent to an activating group) is 1. The summed E-state index contributed by atoms with van der Waals surface area (Å²) in [4.78, 5) is 64.1. The van der Waals surface area contributed by atoms with E-state index < -0.39 is 59.6 Å². The van der Waals surface area contributed by atoms with Gasteiger partial charge < -0.3 is 34.0 Å². The molecule has 0 aromatic heterocycles. The normalized spacial score (nSPS) is 28.6. The largest absolute Gasteiger partial charge is 0.455 e. The highest BCUT2D eigenvalue weighted by Gasteiger charge is 2.77. The van der Waals surface area contributed by atoms with Crippen LogP contribution in [0.1, 0.15) is 51.7 Å². The number of halogens is 1. The van der Waals surface area contributed by atoms with E-state index in [1.165, 1.54) is 4.90 Å². The van der Waals surface area contributed by atoms with Crippen molar-refractivity contribution in [3.63, 3.8) is 0 Å². The Morgan fingerprint density at radius 1 is 1.13 bits per heavy atom. The maximum Gasteiger partial charge on any atom is 0.313 e. The number of esters is 1. The molecule has 1 unspecified atom stereocenters. The van der Waals surface area contributed by atoms with Gasteiger partial charge in [-0.15, -0.1) is 13.2 Å². The molecule has 2 bridgehead atoms. The number of nitrogens with zero attached hydrogens (tertiary/aromatic N) is 4. The number of alkyl halides is 1. The lowest BCUT2D eigenvalue weighted by Crippen LogP contribution is -2.60. The minimum atomic E-state index is -1.33. The summed E-state index contributed by atoms with van der Waals surface area (Å²) < 4.78 is 18.6. The van der Waals surface area contributed by atoms with E-state index in [2.05, 4.69) is 34.0 Å². The Balaban J connectivity index is 1.49. The van der Waals surface area contributed by atoms with Crippen LogP contribution >= 0.6 is 15.9 Å². The molecule has 4 fully saturated rings. The number of ether oxygens (including phenoxy) is 3. The Labute approximate surface area is 316 Å². The van der Waals surface area contributed by atoms with Crippen LogP contribution in [0.15, 0.2) is 55.6 Å². The number of likely N-dealkylation sites (tertiary alicyclic amines) is 1. The molecule has 52 heavy (non-hydrogen) atoms. The number of carbonyl (C=O) groups excluding carboxylic acids is 4. The molecular weight excluding hydrogens is 732 g/mol. The minimum absolute atomic E-state index is 0.114. The van der Waals surface area contributed by atoms with Crippen LogP contribution in [0.25, 0.3) is 0 Å². The number of amides is 3. The highest BCUT2D eigenvalue weighted by atomic mass is 79.9. The molecule has 13 heteroatoms. The number of rotatable bonds is 17. The first kappa shape index (κ1) is 40.1. The van der Waals surface area contributed by atoms with Gasteiger partial charge >= 0.3 is 5.97 Å². The number of benzene rings is 1. The Morgan fingerprint density at radius 3 is 2.44 bits per heavy atom. The molecule has 1 spiro atoms. The molecule has 4 heterocycles. The zero-order chi connectivity index (χ0) is 37.7. The lowest BCUT2D eigenvalue weighted by molar-refractivity contribution is -0.165. The lowest BCUT2D eigenvalue weighted by atomic mass is 9.70. The highest BCUT2D eigenvalue weighted by molar-refractivity contribution is 9.09. The lowest BCUT2D eigenvalue weighted by Gasteiger charge is -2.41. The maximum atomic E-state index is 14.9. The summed E-state index contributed by atoms with van der Waals surface area (Å²) in [6.07, 6.45) is 2.90. The molecule has 4 saturated heterocycles. The van der Waals surface area contributed by atoms with E-state index in [0.29, 0.717) is 44.7 Å². The van der Waals surface area contributed by atoms with Gasteiger partial charge in [0.05, 0.1) is 49.8 Å². The Morgan fingerprint density at radius 2 is 1.83 bits per heavy atom. The van der Waals surface area contributed by atoms with Gasteiger partial charge in [-0.05, 0) is 31.2 Å². The summed E-state index contributed by atoms with van der Waals surface area (Å²) in [6, 6.07) is 6.94. The number of allylic oxidation sites excluding steroid dienone is 1. The SMILES string of the molecule is C=CCCC(=O)N(C)[C@@H](C)[C@@H](OC(=O)[C@@H]1[C@H]2O[C@@]3(CC2Br)[C@H](C(=O)N(CC=C)CCN2CCOCC2)N([C@@H](CO)C(C)C)C(=O)[C@@H]13)c1ccccc1. The topological polar surface area (TPSA) is 129 Å². The van der Waals surface area contributed by atoms with Gasteiger partial charge in [-0.1, -0.05) is 72.3 Å². The van der Waals surface area contributed by atoms with Crippen LogP contribution in [0.2, 0.25) is 0 Å².